The second-order valence-corrected chi connectivity index (χ2v) is 6.33. The summed E-state index contributed by atoms with van der Waals surface area (Å²) in [7, 11) is 2.37. The Morgan fingerprint density at radius 1 is 1.10 bits per heavy atom. The first kappa shape index (κ1) is 22.2. The molecule has 0 saturated carbocycles. The topological polar surface area (TPSA) is 120 Å². The third-order valence-electron chi connectivity index (χ3n) is 4.30. The van der Waals surface area contributed by atoms with Crippen molar-refractivity contribution in [2.24, 2.45) is 0 Å². The molecule has 158 valence electrons. The average Bonchev–Trinajstić information content (AvgIpc) is 2.76. The number of methoxy groups -OCH3 is 2. The molecule has 0 unspecified atom stereocenters. The van der Waals surface area contributed by atoms with Gasteiger partial charge < -0.3 is 19.5 Å². The molecule has 1 N–H and O–H groups in total. The molecule has 10 nitrogen and oxygen atoms in total. The van der Waals surface area contributed by atoms with Crippen LogP contribution in [-0.2, 0) is 40.0 Å². The second kappa shape index (κ2) is 10.4. The number of amides is 2. The Kier molecular flexibility index (Phi) is 7.96. The van der Waals surface area contributed by atoms with E-state index in [1.54, 1.807) is 24.3 Å². The molecule has 3 atom stereocenters. The largest absolute Gasteiger partial charge is 0.467 e. The van der Waals surface area contributed by atoms with Crippen LogP contribution in [0.1, 0.15) is 25.3 Å². The molecule has 29 heavy (non-hydrogen) atoms. The molecule has 1 aliphatic heterocycles. The van der Waals surface area contributed by atoms with Gasteiger partial charge in [0.1, 0.15) is 12.6 Å². The number of nitrogens with zero attached hydrogens (tertiary/aromatic N) is 1. The lowest BCUT2D eigenvalue weighted by Crippen LogP contribution is -2.57. The summed E-state index contributed by atoms with van der Waals surface area (Å²) in [4.78, 5) is 53.9. The second-order valence-electron chi connectivity index (χ2n) is 6.33. The SMILES string of the molecule is COC(=O)[C@H]1CC[C@@H](C(=O)OC)N(C(=O)[C@H](C)NC(=O)OCc2ccccc2)O1. The van der Waals surface area contributed by atoms with Crippen molar-refractivity contribution in [2.75, 3.05) is 14.2 Å². The van der Waals surface area contributed by atoms with E-state index in [1.165, 1.54) is 21.1 Å². The molecule has 0 bridgehead atoms. The zero-order valence-electron chi connectivity index (χ0n) is 16.5. The summed E-state index contributed by atoms with van der Waals surface area (Å²) >= 11 is 0. The minimum absolute atomic E-state index is 0.0308. The third-order valence-corrected chi connectivity index (χ3v) is 4.30. The van der Waals surface area contributed by atoms with Crippen LogP contribution in [0.3, 0.4) is 0 Å². The van der Waals surface area contributed by atoms with Crippen LogP contribution < -0.4 is 5.32 Å². The van der Waals surface area contributed by atoms with E-state index in [4.69, 9.17) is 14.3 Å². The number of nitrogens with one attached hydrogen (secondary N) is 1. The molecular formula is C19H24N2O8. The fourth-order valence-electron chi connectivity index (χ4n) is 2.73. The van der Waals surface area contributed by atoms with Crippen molar-refractivity contribution in [2.45, 2.75) is 44.6 Å². The number of hydrogen-bond acceptors (Lipinski definition) is 8. The number of carbonyl (C=O) groups excluding carboxylic acids is 4. The average molecular weight is 408 g/mol. The van der Waals surface area contributed by atoms with E-state index in [0.29, 0.717) is 0 Å². The summed E-state index contributed by atoms with van der Waals surface area (Å²) in [5.74, 6) is -2.10. The fraction of sp³-hybridized carbons (Fsp3) is 0.474. The van der Waals surface area contributed by atoms with Crippen LogP contribution in [0.2, 0.25) is 0 Å². The Labute approximate surface area is 168 Å². The fourth-order valence-corrected chi connectivity index (χ4v) is 2.73. The first-order chi connectivity index (χ1) is 13.9. The van der Waals surface area contributed by atoms with E-state index in [-0.39, 0.29) is 19.4 Å². The van der Waals surface area contributed by atoms with Crippen molar-refractivity contribution in [1.82, 2.24) is 10.4 Å². The van der Waals surface area contributed by atoms with Gasteiger partial charge in [0.15, 0.2) is 12.1 Å². The number of ether oxygens (including phenoxy) is 3. The lowest BCUT2D eigenvalue weighted by atomic mass is 10.0. The predicted molar refractivity (Wildman–Crippen MR) is 98.0 cm³/mol. The van der Waals surface area contributed by atoms with E-state index in [1.807, 2.05) is 6.07 Å². The van der Waals surface area contributed by atoms with Gasteiger partial charge in [0.05, 0.1) is 14.2 Å². The van der Waals surface area contributed by atoms with Crippen LogP contribution in [-0.4, -0.2) is 61.4 Å². The Bertz CT molecular complexity index is 739. The first-order valence-electron chi connectivity index (χ1n) is 9.00. The third kappa shape index (κ3) is 5.92. The monoisotopic (exact) mass is 408 g/mol. The van der Waals surface area contributed by atoms with Gasteiger partial charge in [-0.15, -0.1) is 0 Å². The van der Waals surface area contributed by atoms with Gasteiger partial charge in [0.2, 0.25) is 0 Å². The first-order valence-corrected chi connectivity index (χ1v) is 9.00. The van der Waals surface area contributed by atoms with E-state index in [2.05, 4.69) is 10.1 Å². The number of alkyl carbamates (subject to hydrolysis) is 1. The Balaban J connectivity index is 1.99. The number of hydrogen-bond donors (Lipinski definition) is 1. The van der Waals surface area contributed by atoms with Crippen molar-refractivity contribution in [3.63, 3.8) is 0 Å². The quantitative estimate of drug-likeness (QED) is 0.545. The van der Waals surface area contributed by atoms with Gasteiger partial charge in [-0.2, -0.15) is 0 Å². The summed E-state index contributed by atoms with van der Waals surface area (Å²) in [6.45, 7) is 1.44. The number of carbonyl (C=O) groups is 4. The maximum atomic E-state index is 12.8. The van der Waals surface area contributed by atoms with E-state index in [9.17, 15) is 19.2 Å². The maximum absolute atomic E-state index is 12.8. The standard InChI is InChI=1S/C19H24N2O8/c1-12(20-19(25)28-11-13-7-5-4-6-8-13)16(22)21-14(17(23)26-2)9-10-15(29-21)18(24)27-3/h4-8,12,14-15H,9-11H2,1-3H3,(H,20,25)/t12-,14-,15+/m0/s1. The minimum atomic E-state index is -1.08. The molecular weight excluding hydrogens is 384 g/mol. The van der Waals surface area contributed by atoms with Gasteiger partial charge in [-0.25, -0.2) is 19.4 Å². The van der Waals surface area contributed by atoms with Gasteiger partial charge in [-0.05, 0) is 25.3 Å². The van der Waals surface area contributed by atoms with Gasteiger partial charge in [0.25, 0.3) is 5.91 Å². The van der Waals surface area contributed by atoms with Gasteiger partial charge >= 0.3 is 18.0 Å². The highest BCUT2D eigenvalue weighted by atomic mass is 16.7. The summed E-state index contributed by atoms with van der Waals surface area (Å²) < 4.78 is 14.4. The summed E-state index contributed by atoms with van der Waals surface area (Å²) in [6, 6.07) is 6.90. The lowest BCUT2D eigenvalue weighted by Gasteiger charge is -2.37. The summed E-state index contributed by atoms with van der Waals surface area (Å²) in [6.07, 6.45) is -1.53. The van der Waals surface area contributed by atoms with E-state index >= 15 is 0 Å². The number of hydroxylamine groups is 2. The Morgan fingerprint density at radius 3 is 2.38 bits per heavy atom. The van der Waals surface area contributed by atoms with Crippen LogP contribution in [0.4, 0.5) is 4.79 Å². The molecule has 2 amide bonds. The molecule has 1 saturated heterocycles. The highest BCUT2D eigenvalue weighted by molar-refractivity contribution is 5.89. The highest BCUT2D eigenvalue weighted by Gasteiger charge is 2.42. The van der Waals surface area contributed by atoms with E-state index < -0.39 is 42.1 Å². The van der Waals surface area contributed by atoms with Crippen molar-refractivity contribution in [3.8, 4) is 0 Å². The Morgan fingerprint density at radius 2 is 1.76 bits per heavy atom. The molecule has 10 heteroatoms. The zero-order valence-corrected chi connectivity index (χ0v) is 16.5. The van der Waals surface area contributed by atoms with Crippen LogP contribution in [0, 0.1) is 0 Å². The van der Waals surface area contributed by atoms with Crippen LogP contribution in [0.5, 0.6) is 0 Å². The smallest absolute Gasteiger partial charge is 0.408 e. The summed E-state index contributed by atoms with van der Waals surface area (Å²) in [5, 5.41) is 3.15. The molecule has 1 aromatic rings. The molecule has 1 heterocycles. The van der Waals surface area contributed by atoms with Gasteiger partial charge in [-0.1, -0.05) is 30.3 Å². The van der Waals surface area contributed by atoms with Crippen LogP contribution in [0.15, 0.2) is 30.3 Å². The molecule has 1 aliphatic rings. The highest BCUT2D eigenvalue weighted by Crippen LogP contribution is 2.23. The van der Waals surface area contributed by atoms with Crippen LogP contribution >= 0.6 is 0 Å². The molecule has 0 aromatic heterocycles. The van der Waals surface area contributed by atoms with Crippen molar-refractivity contribution >= 4 is 23.9 Å². The van der Waals surface area contributed by atoms with Crippen molar-refractivity contribution < 1.29 is 38.2 Å². The predicted octanol–water partition coefficient (Wildman–Crippen LogP) is 0.939. The van der Waals surface area contributed by atoms with Crippen molar-refractivity contribution in [3.05, 3.63) is 35.9 Å². The maximum Gasteiger partial charge on any atom is 0.408 e. The molecule has 2 rings (SSSR count). The summed E-state index contributed by atoms with van der Waals surface area (Å²) in [5.41, 5.74) is 0.785. The Hall–Kier alpha value is -3.14. The molecule has 1 fully saturated rings. The van der Waals surface area contributed by atoms with Gasteiger partial charge in [0, 0.05) is 0 Å². The number of esters is 2. The van der Waals surface area contributed by atoms with E-state index in [0.717, 1.165) is 10.6 Å². The molecule has 0 radical (unpaired) electrons. The van der Waals surface area contributed by atoms with Crippen molar-refractivity contribution in [1.29, 1.82) is 0 Å². The number of rotatable bonds is 6. The molecule has 0 aliphatic carbocycles. The molecule has 1 aromatic carbocycles. The van der Waals surface area contributed by atoms with Gasteiger partial charge in [-0.3, -0.25) is 9.63 Å². The normalized spacial score (nSPS) is 19.6. The zero-order chi connectivity index (χ0) is 21.4. The minimum Gasteiger partial charge on any atom is -0.467 e. The van der Waals surface area contributed by atoms with Crippen LogP contribution in [0.25, 0.3) is 0 Å². The number of benzene rings is 1. The lowest BCUT2D eigenvalue weighted by molar-refractivity contribution is -0.247. The molecule has 0 spiro atoms.